The average Bonchev–Trinajstić information content (AvgIpc) is 3.20. The smallest absolute Gasteiger partial charge is 0.265 e. The summed E-state index contributed by atoms with van der Waals surface area (Å²) in [7, 11) is 0. The topological polar surface area (TPSA) is 29.1 Å². The lowest BCUT2D eigenvalue weighted by Crippen LogP contribution is -2.09. The highest BCUT2D eigenvalue weighted by molar-refractivity contribution is 7.17. The molecule has 1 aromatic heterocycles. The van der Waals surface area contributed by atoms with Crippen molar-refractivity contribution < 1.29 is 4.79 Å². The molecule has 4 aromatic rings. The van der Waals surface area contributed by atoms with Gasteiger partial charge in [0.25, 0.3) is 5.91 Å². The van der Waals surface area contributed by atoms with Crippen LogP contribution in [-0.2, 0) is 0 Å². The van der Waals surface area contributed by atoms with Crippen molar-refractivity contribution in [2.75, 3.05) is 5.32 Å². The Morgan fingerprint density at radius 1 is 0.704 bits per heavy atom. The number of hydrogen-bond acceptors (Lipinski definition) is 2. The molecule has 0 aliphatic carbocycles. The second-order valence-electron chi connectivity index (χ2n) is 6.07. The van der Waals surface area contributed by atoms with E-state index in [0.717, 1.165) is 27.3 Å². The molecular formula is C23H16ClNOS. The van der Waals surface area contributed by atoms with Gasteiger partial charge in [0.15, 0.2) is 0 Å². The molecule has 0 atom stereocenters. The van der Waals surface area contributed by atoms with Crippen molar-refractivity contribution in [3.05, 3.63) is 101 Å². The maximum atomic E-state index is 12.5. The standard InChI is InChI=1S/C23H16ClNOS/c24-19-10-6-18(7-11-19)21-14-15-22(27-21)23(26)25-20-12-8-17(9-13-20)16-4-2-1-3-5-16/h1-15H,(H,25,26). The number of amides is 1. The van der Waals surface area contributed by atoms with Crippen LogP contribution in [0.1, 0.15) is 9.67 Å². The van der Waals surface area contributed by atoms with Crippen molar-refractivity contribution in [2.24, 2.45) is 0 Å². The van der Waals surface area contributed by atoms with E-state index in [2.05, 4.69) is 17.4 Å². The van der Waals surface area contributed by atoms with Crippen LogP contribution in [0.5, 0.6) is 0 Å². The summed E-state index contributed by atoms with van der Waals surface area (Å²) in [6, 6.07) is 29.5. The highest BCUT2D eigenvalue weighted by Gasteiger charge is 2.11. The third-order valence-electron chi connectivity index (χ3n) is 4.21. The Hall–Kier alpha value is -2.88. The van der Waals surface area contributed by atoms with Crippen LogP contribution in [-0.4, -0.2) is 5.91 Å². The van der Waals surface area contributed by atoms with Crippen LogP contribution in [0.25, 0.3) is 21.6 Å². The Morgan fingerprint density at radius 3 is 2.04 bits per heavy atom. The van der Waals surface area contributed by atoms with Gasteiger partial charge >= 0.3 is 0 Å². The van der Waals surface area contributed by atoms with Gasteiger partial charge in [0.2, 0.25) is 0 Å². The fourth-order valence-electron chi connectivity index (χ4n) is 2.80. The summed E-state index contributed by atoms with van der Waals surface area (Å²) in [6.45, 7) is 0. The zero-order valence-corrected chi connectivity index (χ0v) is 15.9. The van der Waals surface area contributed by atoms with Gasteiger partial charge in [0.05, 0.1) is 4.88 Å². The van der Waals surface area contributed by atoms with Crippen LogP contribution in [0.4, 0.5) is 5.69 Å². The van der Waals surface area contributed by atoms with Gasteiger partial charge in [0, 0.05) is 15.6 Å². The lowest BCUT2D eigenvalue weighted by Gasteiger charge is -2.06. The zero-order valence-electron chi connectivity index (χ0n) is 14.4. The molecule has 132 valence electrons. The van der Waals surface area contributed by atoms with Gasteiger partial charge in [-0.05, 0) is 53.1 Å². The van der Waals surface area contributed by atoms with Gasteiger partial charge in [-0.1, -0.05) is 66.2 Å². The third-order valence-corrected chi connectivity index (χ3v) is 5.59. The number of benzene rings is 3. The highest BCUT2D eigenvalue weighted by Crippen LogP contribution is 2.29. The molecule has 0 fully saturated rings. The van der Waals surface area contributed by atoms with Crippen LogP contribution in [0.3, 0.4) is 0 Å². The molecule has 0 radical (unpaired) electrons. The Bertz CT molecular complexity index is 1050. The molecule has 0 spiro atoms. The minimum absolute atomic E-state index is 0.104. The summed E-state index contributed by atoms with van der Waals surface area (Å²) in [5.74, 6) is -0.104. The Labute approximate surface area is 167 Å². The number of carbonyl (C=O) groups is 1. The molecule has 4 heteroatoms. The van der Waals surface area contributed by atoms with Gasteiger partial charge in [0.1, 0.15) is 0 Å². The molecule has 1 heterocycles. The summed E-state index contributed by atoms with van der Waals surface area (Å²) in [5.41, 5.74) is 4.10. The summed E-state index contributed by atoms with van der Waals surface area (Å²) >= 11 is 7.40. The maximum Gasteiger partial charge on any atom is 0.265 e. The van der Waals surface area contributed by atoms with E-state index in [-0.39, 0.29) is 5.91 Å². The first kappa shape index (κ1) is 17.5. The molecule has 2 nitrogen and oxygen atoms in total. The summed E-state index contributed by atoms with van der Waals surface area (Å²) < 4.78 is 0. The first-order chi connectivity index (χ1) is 13.2. The summed E-state index contributed by atoms with van der Waals surface area (Å²) in [6.07, 6.45) is 0. The number of carbonyl (C=O) groups excluding carboxylic acids is 1. The van der Waals surface area contributed by atoms with Crippen molar-refractivity contribution >= 4 is 34.5 Å². The SMILES string of the molecule is O=C(Nc1ccc(-c2ccccc2)cc1)c1ccc(-c2ccc(Cl)cc2)s1. The van der Waals surface area contributed by atoms with Crippen LogP contribution >= 0.6 is 22.9 Å². The van der Waals surface area contributed by atoms with Gasteiger partial charge in [-0.2, -0.15) is 0 Å². The second-order valence-corrected chi connectivity index (χ2v) is 7.59. The Balaban J connectivity index is 1.47. The molecule has 27 heavy (non-hydrogen) atoms. The predicted octanol–water partition coefficient (Wildman–Crippen LogP) is 6.99. The molecule has 0 saturated carbocycles. The molecule has 4 rings (SSSR count). The minimum Gasteiger partial charge on any atom is -0.321 e. The van der Waals surface area contributed by atoms with Crippen molar-refractivity contribution in [1.29, 1.82) is 0 Å². The maximum absolute atomic E-state index is 12.5. The fourth-order valence-corrected chi connectivity index (χ4v) is 3.83. The number of thiophene rings is 1. The van der Waals surface area contributed by atoms with Crippen LogP contribution in [0.15, 0.2) is 91.0 Å². The number of nitrogens with one attached hydrogen (secondary N) is 1. The predicted molar refractivity (Wildman–Crippen MR) is 115 cm³/mol. The normalized spacial score (nSPS) is 10.6. The lowest BCUT2D eigenvalue weighted by molar-refractivity contribution is 0.103. The monoisotopic (exact) mass is 389 g/mol. The number of anilines is 1. The largest absolute Gasteiger partial charge is 0.321 e. The molecule has 0 bridgehead atoms. The van der Waals surface area contributed by atoms with E-state index in [0.29, 0.717) is 9.90 Å². The average molecular weight is 390 g/mol. The van der Waals surface area contributed by atoms with Gasteiger partial charge in [-0.15, -0.1) is 11.3 Å². The van der Waals surface area contributed by atoms with Crippen molar-refractivity contribution in [1.82, 2.24) is 0 Å². The van der Waals surface area contributed by atoms with Crippen LogP contribution in [0, 0.1) is 0 Å². The third kappa shape index (κ3) is 4.11. The molecule has 0 saturated heterocycles. The number of hydrogen-bond donors (Lipinski definition) is 1. The molecule has 0 aliphatic heterocycles. The molecule has 0 aliphatic rings. The van der Waals surface area contributed by atoms with E-state index < -0.39 is 0 Å². The van der Waals surface area contributed by atoms with E-state index >= 15 is 0 Å². The van der Waals surface area contributed by atoms with E-state index in [9.17, 15) is 4.79 Å². The fraction of sp³-hybridized carbons (Fsp3) is 0. The highest BCUT2D eigenvalue weighted by atomic mass is 35.5. The second kappa shape index (κ2) is 7.78. The lowest BCUT2D eigenvalue weighted by atomic mass is 10.1. The first-order valence-electron chi connectivity index (χ1n) is 8.52. The molecule has 1 amide bonds. The Kier molecular flexibility index (Phi) is 5.05. The van der Waals surface area contributed by atoms with Crippen LogP contribution in [0.2, 0.25) is 5.02 Å². The van der Waals surface area contributed by atoms with Gasteiger partial charge < -0.3 is 5.32 Å². The van der Waals surface area contributed by atoms with Crippen molar-refractivity contribution in [3.63, 3.8) is 0 Å². The molecule has 1 N–H and O–H groups in total. The summed E-state index contributed by atoms with van der Waals surface area (Å²) in [5, 5.41) is 3.66. The number of halogens is 1. The molecule has 0 unspecified atom stereocenters. The van der Waals surface area contributed by atoms with Gasteiger partial charge in [-0.25, -0.2) is 0 Å². The van der Waals surface area contributed by atoms with Crippen molar-refractivity contribution in [2.45, 2.75) is 0 Å². The van der Waals surface area contributed by atoms with E-state index in [1.807, 2.05) is 78.9 Å². The van der Waals surface area contributed by atoms with Gasteiger partial charge in [-0.3, -0.25) is 4.79 Å². The summed E-state index contributed by atoms with van der Waals surface area (Å²) in [4.78, 5) is 14.3. The van der Waals surface area contributed by atoms with E-state index in [1.54, 1.807) is 0 Å². The Morgan fingerprint density at radius 2 is 1.33 bits per heavy atom. The minimum atomic E-state index is -0.104. The molecular weight excluding hydrogens is 374 g/mol. The molecule has 3 aromatic carbocycles. The number of rotatable bonds is 4. The van der Waals surface area contributed by atoms with Crippen molar-refractivity contribution in [3.8, 4) is 21.6 Å². The first-order valence-corrected chi connectivity index (χ1v) is 9.71. The quantitative estimate of drug-likeness (QED) is 0.400. The zero-order chi connectivity index (χ0) is 18.6. The van der Waals surface area contributed by atoms with Crippen LogP contribution < -0.4 is 5.32 Å². The van der Waals surface area contributed by atoms with E-state index in [1.165, 1.54) is 11.3 Å². The van der Waals surface area contributed by atoms with E-state index in [4.69, 9.17) is 11.6 Å².